The predicted molar refractivity (Wildman–Crippen MR) is 125 cm³/mol. The van der Waals surface area contributed by atoms with Crippen LogP contribution in [0.3, 0.4) is 0 Å². The zero-order valence-corrected chi connectivity index (χ0v) is 18.3. The topological polar surface area (TPSA) is 89.0 Å². The molecule has 0 unspecified atom stereocenters. The molecule has 0 spiro atoms. The Morgan fingerprint density at radius 3 is 2.50 bits per heavy atom. The van der Waals surface area contributed by atoms with Crippen LogP contribution in [-0.4, -0.2) is 31.7 Å². The molecule has 164 valence electrons. The molecule has 3 aromatic rings. The maximum absolute atomic E-state index is 12.4. The number of carbonyl (C=O) groups is 2. The summed E-state index contributed by atoms with van der Waals surface area (Å²) in [6.07, 6.45) is 1.46. The van der Waals surface area contributed by atoms with Gasteiger partial charge < -0.3 is 14.8 Å². The Bertz CT molecular complexity index is 1130. The van der Waals surface area contributed by atoms with Crippen LogP contribution in [0.2, 0.25) is 5.02 Å². The summed E-state index contributed by atoms with van der Waals surface area (Å²) in [6.45, 7) is 2.08. The standard InChI is InChI=1S/C24H22ClN3O4/c1-16-7-10-18(11-8-16)26-15-23(29)28-27-14-17-9-12-21(22(13-17)31-2)32-24(30)19-5-3-4-6-20(19)25/h3-14,26H,15H2,1-2H3,(H,28,29). The molecule has 0 heterocycles. The number of ether oxygens (including phenoxy) is 2. The molecule has 0 aliphatic rings. The van der Waals surface area contributed by atoms with Crippen LogP contribution >= 0.6 is 11.6 Å². The number of aryl methyl sites for hydroxylation is 1. The second-order valence-electron chi connectivity index (χ2n) is 6.79. The number of nitrogens with zero attached hydrogens (tertiary/aromatic N) is 1. The minimum Gasteiger partial charge on any atom is -0.493 e. The third-order valence-electron chi connectivity index (χ3n) is 4.39. The molecule has 3 aromatic carbocycles. The van der Waals surface area contributed by atoms with Gasteiger partial charge in [0.25, 0.3) is 5.91 Å². The minimum atomic E-state index is -0.594. The Morgan fingerprint density at radius 1 is 1.03 bits per heavy atom. The minimum absolute atomic E-state index is 0.0840. The summed E-state index contributed by atoms with van der Waals surface area (Å²) in [6, 6.07) is 19.2. The fourth-order valence-corrected chi connectivity index (χ4v) is 2.92. The van der Waals surface area contributed by atoms with Gasteiger partial charge in [0, 0.05) is 5.69 Å². The van der Waals surface area contributed by atoms with Crippen LogP contribution in [0.25, 0.3) is 0 Å². The summed E-state index contributed by atoms with van der Waals surface area (Å²) in [5.74, 6) is -0.314. The third-order valence-corrected chi connectivity index (χ3v) is 4.72. The van der Waals surface area contributed by atoms with Gasteiger partial charge in [0.1, 0.15) is 0 Å². The lowest BCUT2D eigenvalue weighted by atomic mass is 10.2. The van der Waals surface area contributed by atoms with E-state index in [1.807, 2.05) is 31.2 Å². The number of carbonyl (C=O) groups excluding carboxylic acids is 2. The summed E-state index contributed by atoms with van der Waals surface area (Å²) in [5.41, 5.74) is 5.34. The molecule has 3 rings (SSSR count). The number of hydrogen-bond donors (Lipinski definition) is 2. The van der Waals surface area contributed by atoms with Crippen LogP contribution < -0.4 is 20.2 Å². The van der Waals surface area contributed by atoms with Gasteiger partial charge in [-0.1, -0.05) is 41.4 Å². The van der Waals surface area contributed by atoms with E-state index < -0.39 is 5.97 Å². The van der Waals surface area contributed by atoms with E-state index in [2.05, 4.69) is 15.8 Å². The lowest BCUT2D eigenvalue weighted by molar-refractivity contribution is -0.119. The van der Waals surface area contributed by atoms with E-state index in [9.17, 15) is 9.59 Å². The SMILES string of the molecule is COc1cc(C=NNC(=O)CNc2ccc(C)cc2)ccc1OC(=O)c1ccccc1Cl. The van der Waals surface area contributed by atoms with Crippen molar-refractivity contribution in [1.29, 1.82) is 0 Å². The number of amides is 1. The normalized spacial score (nSPS) is 10.6. The summed E-state index contributed by atoms with van der Waals surface area (Å²) >= 11 is 6.04. The lowest BCUT2D eigenvalue weighted by Crippen LogP contribution is -2.25. The van der Waals surface area contributed by atoms with Gasteiger partial charge in [-0.05, 0) is 55.0 Å². The highest BCUT2D eigenvalue weighted by Crippen LogP contribution is 2.29. The predicted octanol–water partition coefficient (Wildman–Crippen LogP) is 4.44. The monoisotopic (exact) mass is 451 g/mol. The van der Waals surface area contributed by atoms with E-state index in [0.717, 1.165) is 11.3 Å². The number of hydrazone groups is 1. The number of nitrogens with one attached hydrogen (secondary N) is 2. The number of halogens is 1. The first-order chi connectivity index (χ1) is 15.5. The average molecular weight is 452 g/mol. The number of methoxy groups -OCH3 is 1. The molecule has 0 aromatic heterocycles. The van der Waals surface area contributed by atoms with Crippen molar-refractivity contribution in [2.45, 2.75) is 6.92 Å². The zero-order chi connectivity index (χ0) is 22.9. The van der Waals surface area contributed by atoms with Crippen LogP contribution in [0.4, 0.5) is 5.69 Å². The summed E-state index contributed by atoms with van der Waals surface area (Å²) in [7, 11) is 1.46. The number of benzene rings is 3. The number of hydrogen-bond acceptors (Lipinski definition) is 6. The molecule has 0 radical (unpaired) electrons. The molecule has 0 atom stereocenters. The maximum Gasteiger partial charge on any atom is 0.345 e. The Morgan fingerprint density at radius 2 is 1.78 bits per heavy atom. The highest BCUT2D eigenvalue weighted by Gasteiger charge is 2.15. The highest BCUT2D eigenvalue weighted by molar-refractivity contribution is 6.33. The summed E-state index contributed by atoms with van der Waals surface area (Å²) < 4.78 is 10.7. The second kappa shape index (κ2) is 11.0. The first-order valence-electron chi connectivity index (χ1n) is 9.73. The first kappa shape index (κ1) is 22.8. The van der Waals surface area contributed by atoms with Gasteiger partial charge >= 0.3 is 5.97 Å². The molecule has 1 amide bonds. The van der Waals surface area contributed by atoms with E-state index in [-0.39, 0.29) is 23.8 Å². The lowest BCUT2D eigenvalue weighted by Gasteiger charge is -2.10. The molecule has 7 nitrogen and oxygen atoms in total. The van der Waals surface area contributed by atoms with Crippen LogP contribution in [0.1, 0.15) is 21.5 Å². The summed E-state index contributed by atoms with van der Waals surface area (Å²) in [5, 5.41) is 7.26. The average Bonchev–Trinajstić information content (AvgIpc) is 2.79. The van der Waals surface area contributed by atoms with Gasteiger partial charge in [-0.2, -0.15) is 5.10 Å². The first-order valence-corrected chi connectivity index (χ1v) is 10.1. The molecular formula is C24H22ClN3O4. The molecule has 0 aliphatic carbocycles. The molecule has 0 saturated heterocycles. The Labute approximate surface area is 191 Å². The number of esters is 1. The zero-order valence-electron chi connectivity index (χ0n) is 17.6. The van der Waals surface area contributed by atoms with E-state index in [0.29, 0.717) is 16.3 Å². The maximum atomic E-state index is 12.4. The Balaban J connectivity index is 1.57. The van der Waals surface area contributed by atoms with Crippen molar-refractivity contribution in [3.63, 3.8) is 0 Å². The smallest absolute Gasteiger partial charge is 0.345 e. The molecule has 32 heavy (non-hydrogen) atoms. The van der Waals surface area contributed by atoms with Crippen LogP contribution in [0, 0.1) is 6.92 Å². The van der Waals surface area contributed by atoms with Crippen molar-refractivity contribution < 1.29 is 19.1 Å². The van der Waals surface area contributed by atoms with Crippen LogP contribution in [0.5, 0.6) is 11.5 Å². The third kappa shape index (κ3) is 6.33. The largest absolute Gasteiger partial charge is 0.493 e. The van der Waals surface area contributed by atoms with Crippen molar-refractivity contribution in [2.75, 3.05) is 19.0 Å². The summed E-state index contributed by atoms with van der Waals surface area (Å²) in [4.78, 5) is 24.3. The quantitative estimate of drug-likeness (QED) is 0.229. The van der Waals surface area contributed by atoms with Crippen molar-refractivity contribution in [3.8, 4) is 11.5 Å². The number of anilines is 1. The van der Waals surface area contributed by atoms with E-state index in [4.69, 9.17) is 21.1 Å². The molecule has 0 saturated carbocycles. The van der Waals surface area contributed by atoms with E-state index in [1.54, 1.807) is 42.5 Å². The van der Waals surface area contributed by atoms with Gasteiger partial charge in [-0.25, -0.2) is 10.2 Å². The fourth-order valence-electron chi connectivity index (χ4n) is 2.70. The fraction of sp³-hybridized carbons (Fsp3) is 0.125. The molecule has 0 fully saturated rings. The molecule has 8 heteroatoms. The van der Waals surface area contributed by atoms with Gasteiger partial charge in [0.15, 0.2) is 11.5 Å². The van der Waals surface area contributed by atoms with Gasteiger partial charge in [-0.15, -0.1) is 0 Å². The van der Waals surface area contributed by atoms with Crippen LogP contribution in [-0.2, 0) is 4.79 Å². The molecular weight excluding hydrogens is 430 g/mol. The number of rotatable bonds is 8. The van der Waals surface area contributed by atoms with Crippen LogP contribution in [0.15, 0.2) is 71.8 Å². The van der Waals surface area contributed by atoms with Gasteiger partial charge in [0.05, 0.1) is 30.5 Å². The Kier molecular flexibility index (Phi) is 7.83. The molecule has 0 aliphatic heterocycles. The molecule has 0 bridgehead atoms. The Hall–Kier alpha value is -3.84. The van der Waals surface area contributed by atoms with Crippen molar-refractivity contribution in [1.82, 2.24) is 5.43 Å². The van der Waals surface area contributed by atoms with Gasteiger partial charge in [-0.3, -0.25) is 4.79 Å². The van der Waals surface area contributed by atoms with E-state index >= 15 is 0 Å². The van der Waals surface area contributed by atoms with Gasteiger partial charge in [0.2, 0.25) is 0 Å². The van der Waals surface area contributed by atoms with Crippen molar-refractivity contribution >= 4 is 35.4 Å². The molecule has 2 N–H and O–H groups in total. The van der Waals surface area contributed by atoms with Crippen molar-refractivity contribution in [3.05, 3.63) is 88.4 Å². The highest BCUT2D eigenvalue weighted by atomic mass is 35.5. The van der Waals surface area contributed by atoms with E-state index in [1.165, 1.54) is 13.3 Å². The van der Waals surface area contributed by atoms with Crippen molar-refractivity contribution in [2.24, 2.45) is 5.10 Å². The second-order valence-corrected chi connectivity index (χ2v) is 7.20.